The Labute approximate surface area is 99.3 Å². The number of dihydropyridines is 1. The molecule has 1 rings (SSSR count). The number of aliphatic hydroxyl groups is 1. The Morgan fingerprint density at radius 3 is 2.56 bits per heavy atom. The fourth-order valence-corrected chi connectivity index (χ4v) is 2.27. The minimum atomic E-state index is -1.80. The van der Waals surface area contributed by atoms with E-state index in [-0.39, 0.29) is 11.6 Å². The van der Waals surface area contributed by atoms with Gasteiger partial charge in [0.15, 0.2) is 0 Å². The Kier molecular flexibility index (Phi) is 3.86. The van der Waals surface area contributed by atoms with Gasteiger partial charge in [0.05, 0.1) is 6.61 Å². The third-order valence-corrected chi connectivity index (χ3v) is 7.68. The Balaban J connectivity index is 2.81. The van der Waals surface area contributed by atoms with Gasteiger partial charge in [0.2, 0.25) is 8.32 Å². The van der Waals surface area contributed by atoms with Crippen molar-refractivity contribution < 1.29 is 9.53 Å². The van der Waals surface area contributed by atoms with Crippen LogP contribution in [0.15, 0.2) is 23.6 Å². The van der Waals surface area contributed by atoms with E-state index in [1.807, 2.05) is 12.3 Å². The first kappa shape index (κ1) is 13.3. The molecule has 0 spiro atoms. The van der Waals surface area contributed by atoms with Crippen LogP contribution in [0.3, 0.4) is 0 Å². The van der Waals surface area contributed by atoms with Crippen LogP contribution in [0.4, 0.5) is 0 Å². The molecule has 0 bridgehead atoms. The van der Waals surface area contributed by atoms with E-state index in [9.17, 15) is 5.11 Å². The first-order chi connectivity index (χ1) is 7.28. The van der Waals surface area contributed by atoms with Crippen LogP contribution in [0.1, 0.15) is 20.8 Å². The fraction of sp³-hybridized carbons (Fsp3) is 0.667. The Hall–Kier alpha value is -0.743. The first-order valence-corrected chi connectivity index (χ1v) is 8.61. The maximum Gasteiger partial charge on any atom is 0.250 e. The van der Waals surface area contributed by atoms with Gasteiger partial charge in [-0.1, -0.05) is 20.8 Å². The lowest BCUT2D eigenvalue weighted by Gasteiger charge is -2.38. The summed E-state index contributed by atoms with van der Waals surface area (Å²) in [7, 11) is -1.80. The van der Waals surface area contributed by atoms with Gasteiger partial charge in [0.1, 0.15) is 5.76 Å². The van der Waals surface area contributed by atoms with Crippen LogP contribution in [0.25, 0.3) is 0 Å². The Morgan fingerprint density at radius 2 is 2.06 bits per heavy atom. The third kappa shape index (κ3) is 2.89. The number of hydrogen-bond acceptors (Lipinski definition) is 3. The summed E-state index contributed by atoms with van der Waals surface area (Å²) in [6, 6.07) is 0. The number of rotatable bonds is 3. The summed E-state index contributed by atoms with van der Waals surface area (Å²) in [5, 5.41) is 12.5. The van der Waals surface area contributed by atoms with Crippen LogP contribution in [-0.2, 0) is 4.43 Å². The Morgan fingerprint density at radius 1 is 1.44 bits per heavy atom. The standard InChI is InChI=1S/C12H23NO2Si/c1-12(2,3)16(4,5)15-11-6-7-13-8-10(11)9-14/h6,8,13-14H,7,9H2,1-5H3. The van der Waals surface area contributed by atoms with Gasteiger partial charge in [-0.05, 0) is 24.2 Å². The summed E-state index contributed by atoms with van der Waals surface area (Å²) in [6.45, 7) is 11.9. The third-order valence-electron chi connectivity index (χ3n) is 3.34. The van der Waals surface area contributed by atoms with Crippen LogP contribution >= 0.6 is 0 Å². The molecule has 0 amide bonds. The zero-order chi connectivity index (χ0) is 12.4. The summed E-state index contributed by atoms with van der Waals surface area (Å²) in [5.41, 5.74) is 0.844. The van der Waals surface area contributed by atoms with Gasteiger partial charge in [-0.2, -0.15) is 0 Å². The molecule has 0 atom stereocenters. The van der Waals surface area contributed by atoms with Crippen molar-refractivity contribution in [3.05, 3.63) is 23.6 Å². The molecule has 0 radical (unpaired) electrons. The molecule has 0 aromatic carbocycles. The normalized spacial score (nSPS) is 17.4. The summed E-state index contributed by atoms with van der Waals surface area (Å²) in [4.78, 5) is 0. The molecule has 1 aliphatic heterocycles. The molecule has 1 aliphatic rings. The molecule has 0 aromatic rings. The van der Waals surface area contributed by atoms with Crippen molar-refractivity contribution in [3.63, 3.8) is 0 Å². The van der Waals surface area contributed by atoms with Crippen LogP contribution < -0.4 is 5.32 Å². The second-order valence-corrected chi connectivity index (χ2v) is 10.4. The fourth-order valence-electron chi connectivity index (χ4n) is 1.19. The van der Waals surface area contributed by atoms with Gasteiger partial charge >= 0.3 is 0 Å². The molecule has 2 N–H and O–H groups in total. The van der Waals surface area contributed by atoms with Crippen molar-refractivity contribution in [1.82, 2.24) is 5.32 Å². The summed E-state index contributed by atoms with van der Waals surface area (Å²) >= 11 is 0. The number of aliphatic hydroxyl groups excluding tert-OH is 1. The smallest absolute Gasteiger partial charge is 0.250 e. The average Bonchev–Trinajstić information content (AvgIpc) is 2.16. The zero-order valence-corrected chi connectivity index (χ0v) is 11.9. The van der Waals surface area contributed by atoms with Crippen LogP contribution in [0, 0.1) is 0 Å². The highest BCUT2D eigenvalue weighted by molar-refractivity contribution is 6.74. The lowest BCUT2D eigenvalue weighted by molar-refractivity contribution is 0.309. The van der Waals surface area contributed by atoms with E-state index in [4.69, 9.17) is 4.43 Å². The van der Waals surface area contributed by atoms with Crippen molar-refractivity contribution >= 4 is 8.32 Å². The van der Waals surface area contributed by atoms with Crippen molar-refractivity contribution in [2.24, 2.45) is 0 Å². The molecule has 16 heavy (non-hydrogen) atoms. The first-order valence-electron chi connectivity index (χ1n) is 5.71. The van der Waals surface area contributed by atoms with Gasteiger partial charge in [-0.15, -0.1) is 0 Å². The molecular formula is C12H23NO2Si. The Bertz CT molecular complexity index is 313. The highest BCUT2D eigenvalue weighted by atomic mass is 28.4. The number of hydrogen-bond donors (Lipinski definition) is 2. The van der Waals surface area contributed by atoms with E-state index < -0.39 is 8.32 Å². The second-order valence-electron chi connectivity index (χ2n) is 5.67. The summed E-state index contributed by atoms with van der Waals surface area (Å²) < 4.78 is 6.18. The van der Waals surface area contributed by atoms with E-state index in [1.54, 1.807) is 0 Å². The predicted octanol–water partition coefficient (Wildman–Crippen LogP) is 2.37. The molecule has 0 saturated heterocycles. The maximum absolute atomic E-state index is 9.25. The van der Waals surface area contributed by atoms with Crippen molar-refractivity contribution in [2.75, 3.05) is 13.2 Å². The second kappa shape index (κ2) is 4.63. The van der Waals surface area contributed by atoms with Gasteiger partial charge in [0.25, 0.3) is 0 Å². The summed E-state index contributed by atoms with van der Waals surface area (Å²) in [6.07, 6.45) is 3.84. The predicted molar refractivity (Wildman–Crippen MR) is 69.5 cm³/mol. The van der Waals surface area contributed by atoms with Crippen LogP contribution in [0.5, 0.6) is 0 Å². The van der Waals surface area contributed by atoms with Crippen molar-refractivity contribution in [1.29, 1.82) is 0 Å². The van der Waals surface area contributed by atoms with Gasteiger partial charge in [0, 0.05) is 18.3 Å². The molecule has 0 fully saturated rings. The summed E-state index contributed by atoms with van der Waals surface area (Å²) in [5.74, 6) is 0.854. The van der Waals surface area contributed by atoms with Gasteiger partial charge < -0.3 is 14.8 Å². The minimum Gasteiger partial charge on any atom is -0.543 e. The van der Waals surface area contributed by atoms with Crippen LogP contribution in [-0.4, -0.2) is 26.6 Å². The SMILES string of the molecule is CC(C)(C)[Si](C)(C)OC1=CCNC=C1CO. The monoisotopic (exact) mass is 241 g/mol. The minimum absolute atomic E-state index is 0.0213. The molecule has 1 heterocycles. The van der Waals surface area contributed by atoms with Gasteiger partial charge in [-0.25, -0.2) is 0 Å². The highest BCUT2D eigenvalue weighted by Crippen LogP contribution is 2.38. The van der Waals surface area contributed by atoms with Crippen molar-refractivity contribution in [3.8, 4) is 0 Å². The van der Waals surface area contributed by atoms with E-state index in [0.29, 0.717) is 0 Å². The molecular weight excluding hydrogens is 218 g/mol. The molecule has 3 nitrogen and oxygen atoms in total. The topological polar surface area (TPSA) is 41.5 Å². The molecule has 0 aromatic heterocycles. The van der Waals surface area contributed by atoms with Crippen LogP contribution in [0.2, 0.25) is 18.1 Å². The van der Waals surface area contributed by atoms with E-state index in [2.05, 4.69) is 39.2 Å². The van der Waals surface area contributed by atoms with E-state index >= 15 is 0 Å². The largest absolute Gasteiger partial charge is 0.543 e. The highest BCUT2D eigenvalue weighted by Gasteiger charge is 2.39. The number of nitrogens with one attached hydrogen (secondary N) is 1. The quantitative estimate of drug-likeness (QED) is 0.745. The molecule has 92 valence electrons. The lowest BCUT2D eigenvalue weighted by Crippen LogP contribution is -2.41. The van der Waals surface area contributed by atoms with Crippen molar-refractivity contribution in [2.45, 2.75) is 38.9 Å². The zero-order valence-electron chi connectivity index (χ0n) is 10.9. The maximum atomic E-state index is 9.25. The molecule has 0 unspecified atom stereocenters. The van der Waals surface area contributed by atoms with E-state index in [0.717, 1.165) is 17.9 Å². The molecule has 0 aliphatic carbocycles. The lowest BCUT2D eigenvalue weighted by atomic mass is 10.2. The molecule has 4 heteroatoms. The average molecular weight is 241 g/mol. The van der Waals surface area contributed by atoms with E-state index in [1.165, 1.54) is 0 Å². The van der Waals surface area contributed by atoms with Gasteiger partial charge in [-0.3, -0.25) is 0 Å². The molecule has 0 saturated carbocycles.